The molecule has 0 aromatic heterocycles. The van der Waals surface area contributed by atoms with Crippen molar-refractivity contribution in [1.29, 1.82) is 0 Å². The normalized spacial score (nSPS) is 24.9. The van der Waals surface area contributed by atoms with Crippen LogP contribution in [0.1, 0.15) is 46.0 Å². The summed E-state index contributed by atoms with van der Waals surface area (Å²) in [5.74, 6) is 0.512. The fourth-order valence-corrected chi connectivity index (χ4v) is 3.11. The summed E-state index contributed by atoms with van der Waals surface area (Å²) in [5, 5.41) is 3.30. The molecule has 1 atom stereocenters. The van der Waals surface area contributed by atoms with Crippen LogP contribution in [0.15, 0.2) is 0 Å². The van der Waals surface area contributed by atoms with Crippen LogP contribution in [0.3, 0.4) is 0 Å². The molecule has 0 saturated carbocycles. The predicted octanol–water partition coefficient (Wildman–Crippen LogP) is 1.32. The van der Waals surface area contributed by atoms with Crippen LogP contribution in [-0.2, 0) is 14.3 Å². The Kier molecular flexibility index (Phi) is 5.54. The first-order valence-electron chi connectivity index (χ1n) is 7.84. The third kappa shape index (κ3) is 3.38. The summed E-state index contributed by atoms with van der Waals surface area (Å²) in [6.07, 6.45) is 4.07. The minimum absolute atomic E-state index is 0.0202. The molecule has 5 nitrogen and oxygen atoms in total. The maximum atomic E-state index is 12.4. The molecule has 0 radical (unpaired) electrons. The Morgan fingerprint density at radius 1 is 1.25 bits per heavy atom. The average molecular weight is 282 g/mol. The van der Waals surface area contributed by atoms with Crippen molar-refractivity contribution in [3.05, 3.63) is 0 Å². The van der Waals surface area contributed by atoms with E-state index in [-0.39, 0.29) is 23.9 Å². The molecule has 0 bridgehead atoms. The summed E-state index contributed by atoms with van der Waals surface area (Å²) in [6, 6.07) is -0.254. The second kappa shape index (κ2) is 7.18. The second-order valence-corrected chi connectivity index (χ2v) is 5.79. The maximum absolute atomic E-state index is 12.4. The number of carbonyl (C=O) groups is 2. The number of carbonyl (C=O) groups excluding carboxylic acids is 2. The maximum Gasteiger partial charge on any atom is 0.247 e. The lowest BCUT2D eigenvalue weighted by molar-refractivity contribution is -0.141. The van der Waals surface area contributed by atoms with Crippen molar-refractivity contribution in [2.75, 3.05) is 19.8 Å². The molecule has 5 heteroatoms. The Morgan fingerprint density at radius 2 is 1.90 bits per heavy atom. The molecule has 2 amide bonds. The van der Waals surface area contributed by atoms with Gasteiger partial charge in [-0.05, 0) is 38.1 Å². The van der Waals surface area contributed by atoms with Crippen molar-refractivity contribution < 1.29 is 14.3 Å². The molecule has 0 aromatic carbocycles. The number of imide groups is 1. The monoisotopic (exact) mass is 282 g/mol. The summed E-state index contributed by atoms with van der Waals surface area (Å²) in [5.41, 5.74) is 0. The van der Waals surface area contributed by atoms with Crippen molar-refractivity contribution >= 4 is 11.8 Å². The highest BCUT2D eigenvalue weighted by atomic mass is 16.5. The number of ether oxygens (including phenoxy) is 1. The molecular formula is C15H26N2O3. The predicted molar refractivity (Wildman–Crippen MR) is 76.2 cm³/mol. The van der Waals surface area contributed by atoms with Crippen LogP contribution in [0.5, 0.6) is 0 Å². The van der Waals surface area contributed by atoms with E-state index in [1.54, 1.807) is 0 Å². The van der Waals surface area contributed by atoms with Crippen LogP contribution < -0.4 is 5.32 Å². The van der Waals surface area contributed by atoms with Gasteiger partial charge in [-0.15, -0.1) is 0 Å². The third-order valence-electron chi connectivity index (χ3n) is 4.48. The lowest BCUT2D eigenvalue weighted by atomic mass is 10.00. The zero-order valence-electron chi connectivity index (χ0n) is 12.6. The molecule has 1 unspecified atom stereocenters. The van der Waals surface area contributed by atoms with E-state index in [9.17, 15) is 9.59 Å². The minimum Gasteiger partial charge on any atom is -0.381 e. The van der Waals surface area contributed by atoms with E-state index >= 15 is 0 Å². The Labute approximate surface area is 121 Å². The van der Waals surface area contributed by atoms with E-state index in [2.05, 4.69) is 5.32 Å². The molecule has 2 heterocycles. The largest absolute Gasteiger partial charge is 0.381 e. The molecule has 114 valence electrons. The molecule has 0 aromatic rings. The van der Waals surface area contributed by atoms with Crippen molar-refractivity contribution in [2.45, 2.75) is 58.0 Å². The van der Waals surface area contributed by atoms with Gasteiger partial charge >= 0.3 is 0 Å². The van der Waals surface area contributed by atoms with Gasteiger partial charge in [0.25, 0.3) is 0 Å². The van der Waals surface area contributed by atoms with Crippen LogP contribution in [0.2, 0.25) is 0 Å². The number of amides is 2. The molecule has 0 aliphatic carbocycles. The summed E-state index contributed by atoms with van der Waals surface area (Å²) in [6.45, 7) is 6.48. The zero-order valence-corrected chi connectivity index (χ0v) is 12.6. The van der Waals surface area contributed by atoms with E-state index in [1.807, 2.05) is 13.8 Å². The number of likely N-dealkylation sites (tertiary alicyclic amines) is 1. The molecule has 2 rings (SSSR count). The smallest absolute Gasteiger partial charge is 0.247 e. The second-order valence-electron chi connectivity index (χ2n) is 5.79. The van der Waals surface area contributed by atoms with Crippen molar-refractivity contribution in [1.82, 2.24) is 10.2 Å². The SMILES string of the molecule is CCC(CC)N1C(=O)CC(NCC2CCOCC2)C1=O. The Morgan fingerprint density at radius 3 is 2.50 bits per heavy atom. The molecular weight excluding hydrogens is 256 g/mol. The summed E-state index contributed by atoms with van der Waals surface area (Å²) >= 11 is 0. The molecule has 1 N–H and O–H groups in total. The summed E-state index contributed by atoms with van der Waals surface area (Å²) in [7, 11) is 0. The van der Waals surface area contributed by atoms with Gasteiger partial charge < -0.3 is 10.1 Å². The fourth-order valence-electron chi connectivity index (χ4n) is 3.11. The fraction of sp³-hybridized carbons (Fsp3) is 0.867. The first kappa shape index (κ1) is 15.4. The highest BCUT2D eigenvalue weighted by Gasteiger charge is 2.41. The number of nitrogens with one attached hydrogen (secondary N) is 1. The molecule has 2 saturated heterocycles. The standard InChI is InChI=1S/C15H26N2O3/c1-3-12(4-2)17-14(18)9-13(15(17)19)16-10-11-5-7-20-8-6-11/h11-13,16H,3-10H2,1-2H3. The van der Waals surface area contributed by atoms with Crippen molar-refractivity contribution in [3.63, 3.8) is 0 Å². The number of nitrogens with zero attached hydrogens (tertiary/aromatic N) is 1. The number of rotatable bonds is 6. The molecule has 2 aliphatic rings. The van der Waals surface area contributed by atoms with Gasteiger partial charge in [0.15, 0.2) is 0 Å². The summed E-state index contributed by atoms with van der Waals surface area (Å²) < 4.78 is 5.33. The quantitative estimate of drug-likeness (QED) is 0.746. The number of hydrogen-bond acceptors (Lipinski definition) is 4. The van der Waals surface area contributed by atoms with Gasteiger partial charge in [0.05, 0.1) is 12.5 Å². The van der Waals surface area contributed by atoms with Gasteiger partial charge in [-0.25, -0.2) is 0 Å². The van der Waals surface area contributed by atoms with E-state index in [1.165, 1.54) is 4.90 Å². The summed E-state index contributed by atoms with van der Waals surface area (Å²) in [4.78, 5) is 25.9. The molecule has 2 aliphatic heterocycles. The zero-order chi connectivity index (χ0) is 14.5. The molecule has 0 spiro atoms. The van der Waals surface area contributed by atoms with Gasteiger partial charge in [0.1, 0.15) is 0 Å². The third-order valence-corrected chi connectivity index (χ3v) is 4.48. The minimum atomic E-state index is -0.314. The van der Waals surface area contributed by atoms with Gasteiger partial charge in [-0.3, -0.25) is 14.5 Å². The van der Waals surface area contributed by atoms with Crippen LogP contribution in [0.4, 0.5) is 0 Å². The molecule has 2 fully saturated rings. The average Bonchev–Trinajstić information content (AvgIpc) is 2.75. The Balaban J connectivity index is 1.87. The topological polar surface area (TPSA) is 58.6 Å². The van der Waals surface area contributed by atoms with Crippen LogP contribution in [0.25, 0.3) is 0 Å². The van der Waals surface area contributed by atoms with Gasteiger partial charge in [0.2, 0.25) is 11.8 Å². The van der Waals surface area contributed by atoms with Crippen molar-refractivity contribution in [3.8, 4) is 0 Å². The first-order chi connectivity index (χ1) is 9.67. The number of hydrogen-bond donors (Lipinski definition) is 1. The Bertz CT molecular complexity index is 349. The van der Waals surface area contributed by atoms with Gasteiger partial charge in [-0.1, -0.05) is 13.8 Å². The van der Waals surface area contributed by atoms with Crippen molar-refractivity contribution in [2.24, 2.45) is 5.92 Å². The van der Waals surface area contributed by atoms with Crippen LogP contribution in [-0.4, -0.2) is 48.6 Å². The first-order valence-corrected chi connectivity index (χ1v) is 7.84. The van der Waals surface area contributed by atoms with E-state index in [4.69, 9.17) is 4.74 Å². The van der Waals surface area contributed by atoms with E-state index in [0.29, 0.717) is 12.3 Å². The lowest BCUT2D eigenvalue weighted by Gasteiger charge is -2.25. The van der Waals surface area contributed by atoms with Gasteiger partial charge in [0, 0.05) is 19.3 Å². The van der Waals surface area contributed by atoms with E-state index in [0.717, 1.165) is 45.4 Å². The highest BCUT2D eigenvalue weighted by molar-refractivity contribution is 6.05. The van der Waals surface area contributed by atoms with E-state index < -0.39 is 0 Å². The van der Waals surface area contributed by atoms with Crippen LogP contribution >= 0.6 is 0 Å². The Hall–Kier alpha value is -0.940. The van der Waals surface area contributed by atoms with Gasteiger partial charge in [-0.2, -0.15) is 0 Å². The lowest BCUT2D eigenvalue weighted by Crippen LogP contribution is -2.44. The van der Waals surface area contributed by atoms with Crippen LogP contribution in [0, 0.1) is 5.92 Å². The molecule has 20 heavy (non-hydrogen) atoms. The highest BCUT2D eigenvalue weighted by Crippen LogP contribution is 2.21.